The third kappa shape index (κ3) is 10.3. The third-order valence-corrected chi connectivity index (χ3v) is 7.17. The first kappa shape index (κ1) is 34.1. The van der Waals surface area contributed by atoms with Crippen LogP contribution in [0.3, 0.4) is 0 Å². The molecule has 0 radical (unpaired) electrons. The van der Waals surface area contributed by atoms with Gasteiger partial charge in [-0.3, -0.25) is 4.98 Å². The zero-order valence-corrected chi connectivity index (χ0v) is 26.7. The summed E-state index contributed by atoms with van der Waals surface area (Å²) in [6.45, 7) is 21.1. The van der Waals surface area contributed by atoms with Crippen LogP contribution in [-0.4, -0.2) is 75.3 Å². The van der Waals surface area contributed by atoms with Gasteiger partial charge in [0.1, 0.15) is 11.5 Å². The monoisotopic (exact) mass is 564 g/mol. The van der Waals surface area contributed by atoms with Crippen LogP contribution in [-0.2, 0) is 22.5 Å². The summed E-state index contributed by atoms with van der Waals surface area (Å²) >= 11 is 0. The predicted octanol–water partition coefficient (Wildman–Crippen LogP) is 7.20. The number of anilines is 1. The van der Waals surface area contributed by atoms with E-state index in [-0.39, 0.29) is 0 Å². The van der Waals surface area contributed by atoms with Crippen molar-refractivity contribution in [2.24, 2.45) is 0 Å². The molecule has 4 rings (SSSR count). The molecule has 0 bridgehead atoms. The van der Waals surface area contributed by atoms with Gasteiger partial charge in [-0.2, -0.15) is 0 Å². The highest BCUT2D eigenvalue weighted by Gasteiger charge is 2.13. The molecule has 0 amide bonds. The van der Waals surface area contributed by atoms with E-state index >= 15 is 0 Å². The molecule has 1 aliphatic rings. The van der Waals surface area contributed by atoms with Crippen molar-refractivity contribution in [3.05, 3.63) is 71.6 Å². The molecule has 1 aliphatic heterocycles. The summed E-state index contributed by atoms with van der Waals surface area (Å²) in [7, 11) is 5.83. The molecule has 0 unspecified atom stereocenters. The maximum absolute atomic E-state index is 6.30. The molecule has 7 heteroatoms. The minimum atomic E-state index is 0.593. The minimum Gasteiger partial charge on any atom is -0.502 e. The molecule has 226 valence electrons. The average Bonchev–Trinajstić information content (AvgIpc) is 2.99. The molecular weight excluding hydrogens is 512 g/mol. The summed E-state index contributed by atoms with van der Waals surface area (Å²) in [6, 6.07) is 10.4. The molecule has 1 saturated heterocycles. The number of aryl methyl sites for hydroxylation is 3. The van der Waals surface area contributed by atoms with Crippen LogP contribution < -0.4 is 10.1 Å². The molecule has 1 aromatic heterocycles. The number of piperazine rings is 1. The van der Waals surface area contributed by atoms with Crippen molar-refractivity contribution in [1.82, 2.24) is 14.8 Å². The summed E-state index contributed by atoms with van der Waals surface area (Å²) < 4.78 is 16.7. The Bertz CT molecular complexity index is 1210. The van der Waals surface area contributed by atoms with E-state index in [1.165, 1.54) is 43.6 Å². The number of pyridine rings is 1. The van der Waals surface area contributed by atoms with Gasteiger partial charge in [-0.15, -0.1) is 0 Å². The van der Waals surface area contributed by atoms with Crippen LogP contribution >= 0.6 is 0 Å². The highest BCUT2D eigenvalue weighted by Crippen LogP contribution is 2.34. The second kappa shape index (κ2) is 18.3. The lowest BCUT2D eigenvalue weighted by Crippen LogP contribution is -2.44. The van der Waals surface area contributed by atoms with Gasteiger partial charge >= 0.3 is 0 Å². The lowest BCUT2D eigenvalue weighted by Gasteiger charge is -2.32. The van der Waals surface area contributed by atoms with E-state index in [1.807, 2.05) is 27.0 Å². The molecule has 7 nitrogen and oxygen atoms in total. The fourth-order valence-electron chi connectivity index (χ4n) is 4.78. The highest BCUT2D eigenvalue weighted by atomic mass is 16.5. The maximum Gasteiger partial charge on any atom is 0.138 e. The number of aromatic nitrogens is 1. The topological polar surface area (TPSA) is 59.1 Å². The van der Waals surface area contributed by atoms with Gasteiger partial charge in [-0.1, -0.05) is 27.4 Å². The Hall–Kier alpha value is -3.13. The van der Waals surface area contributed by atoms with Gasteiger partial charge in [0.25, 0.3) is 0 Å². The molecule has 0 aliphatic carbocycles. The van der Waals surface area contributed by atoms with E-state index in [1.54, 1.807) is 13.3 Å². The van der Waals surface area contributed by atoms with E-state index in [4.69, 9.17) is 14.2 Å². The van der Waals surface area contributed by atoms with E-state index in [9.17, 15) is 0 Å². The first-order valence-electron chi connectivity index (χ1n) is 14.9. The average molecular weight is 565 g/mol. The van der Waals surface area contributed by atoms with Gasteiger partial charge in [-0.25, -0.2) is 0 Å². The molecule has 0 spiro atoms. The number of hydrogen-bond acceptors (Lipinski definition) is 7. The van der Waals surface area contributed by atoms with Crippen molar-refractivity contribution >= 4 is 16.6 Å². The van der Waals surface area contributed by atoms with Crippen LogP contribution in [0, 0.1) is 13.8 Å². The van der Waals surface area contributed by atoms with Crippen molar-refractivity contribution in [3.63, 3.8) is 0 Å². The Labute approximate surface area is 248 Å². The summed E-state index contributed by atoms with van der Waals surface area (Å²) in [4.78, 5) is 9.39. The fourth-order valence-corrected chi connectivity index (χ4v) is 4.78. The third-order valence-electron chi connectivity index (χ3n) is 7.17. The van der Waals surface area contributed by atoms with Gasteiger partial charge in [0.15, 0.2) is 0 Å². The number of ether oxygens (including phenoxy) is 3. The lowest BCUT2D eigenvalue weighted by molar-refractivity contribution is 0.140. The zero-order chi connectivity index (χ0) is 30.2. The summed E-state index contributed by atoms with van der Waals surface area (Å²) in [5.41, 5.74) is 6.73. The summed E-state index contributed by atoms with van der Waals surface area (Å²) in [5, 5.41) is 4.24. The molecule has 41 heavy (non-hydrogen) atoms. The molecular formula is C34H52N4O3. The van der Waals surface area contributed by atoms with E-state index in [0.717, 1.165) is 65.2 Å². The molecule has 0 atom stereocenters. The van der Waals surface area contributed by atoms with Crippen LogP contribution in [0.5, 0.6) is 11.5 Å². The smallest absolute Gasteiger partial charge is 0.138 e. The Morgan fingerprint density at radius 2 is 1.73 bits per heavy atom. The van der Waals surface area contributed by atoms with Gasteiger partial charge < -0.3 is 29.3 Å². The second-order valence-electron chi connectivity index (χ2n) is 10.1. The van der Waals surface area contributed by atoms with E-state index in [2.05, 4.69) is 78.8 Å². The number of rotatable bonds is 11. The van der Waals surface area contributed by atoms with Gasteiger partial charge in [0, 0.05) is 64.2 Å². The van der Waals surface area contributed by atoms with Crippen molar-refractivity contribution in [2.45, 2.75) is 54.1 Å². The molecule has 1 N–H and O–H groups in total. The Kier molecular flexibility index (Phi) is 15.2. The van der Waals surface area contributed by atoms with Crippen molar-refractivity contribution in [3.8, 4) is 11.5 Å². The Morgan fingerprint density at radius 3 is 2.37 bits per heavy atom. The van der Waals surface area contributed by atoms with Crippen LogP contribution in [0.2, 0.25) is 0 Å². The summed E-state index contributed by atoms with van der Waals surface area (Å²) in [5.74, 6) is 1.70. The lowest BCUT2D eigenvalue weighted by atomic mass is 10.0. The van der Waals surface area contributed by atoms with Crippen molar-refractivity contribution in [2.75, 3.05) is 65.9 Å². The van der Waals surface area contributed by atoms with E-state index in [0.29, 0.717) is 6.61 Å². The number of benzene rings is 2. The first-order valence-corrected chi connectivity index (χ1v) is 14.9. The quantitative estimate of drug-likeness (QED) is 0.195. The number of likely N-dealkylation sites (N-methyl/N-ethyl adjacent to an activating group) is 1. The number of nitrogens with zero attached hydrogens (tertiary/aromatic N) is 3. The molecule has 3 aromatic rings. The Morgan fingerprint density at radius 1 is 1.00 bits per heavy atom. The van der Waals surface area contributed by atoms with Crippen LogP contribution in [0.25, 0.3) is 10.9 Å². The molecule has 1 fully saturated rings. The largest absolute Gasteiger partial charge is 0.502 e. The molecule has 0 saturated carbocycles. The fraction of sp³-hybridized carbons (Fsp3) is 0.500. The Balaban J connectivity index is 0.000000330. The SMILES string of the molecule is C=COCCCN1CCN(C)CC1.CC.CCc1cc2c(Oc3cc(C)c(NC)cc3C)ccnc2cc1COC. The van der Waals surface area contributed by atoms with Crippen molar-refractivity contribution in [1.29, 1.82) is 0 Å². The van der Waals surface area contributed by atoms with Crippen molar-refractivity contribution < 1.29 is 14.2 Å². The normalized spacial score (nSPS) is 13.5. The minimum absolute atomic E-state index is 0.593. The van der Waals surface area contributed by atoms with Gasteiger partial charge in [0.05, 0.1) is 25.0 Å². The molecule has 2 aromatic carbocycles. The summed E-state index contributed by atoms with van der Waals surface area (Å²) in [6.07, 6.45) is 5.36. The number of fused-ring (bicyclic) bond motifs is 1. The number of methoxy groups -OCH3 is 1. The van der Waals surface area contributed by atoms with E-state index < -0.39 is 0 Å². The van der Waals surface area contributed by atoms with Gasteiger partial charge in [-0.05, 0) is 86.3 Å². The van der Waals surface area contributed by atoms with Gasteiger partial charge in [0.2, 0.25) is 0 Å². The van der Waals surface area contributed by atoms with Crippen LogP contribution in [0.1, 0.15) is 49.4 Å². The zero-order valence-electron chi connectivity index (χ0n) is 26.7. The predicted molar refractivity (Wildman–Crippen MR) is 173 cm³/mol. The maximum atomic E-state index is 6.30. The second-order valence-corrected chi connectivity index (χ2v) is 10.1. The first-order chi connectivity index (χ1) is 19.9. The highest BCUT2D eigenvalue weighted by molar-refractivity contribution is 5.86. The van der Waals surface area contributed by atoms with Crippen LogP contribution in [0.4, 0.5) is 5.69 Å². The van der Waals surface area contributed by atoms with Crippen LogP contribution in [0.15, 0.2) is 49.4 Å². The number of nitrogens with one attached hydrogen (secondary N) is 1. The standard InChI is InChI=1S/C22H26N2O2.C10H20N2O.C2H6/c1-6-16-11-18-20(12-17(16)13-25-5)24-8-7-21(18)26-22-10-14(2)19(23-4)9-15(22)3;1-3-13-10-4-5-12-8-6-11(2)7-9-12;1-2/h7-12,23H,6,13H2,1-5H3;3H,1,4-10H2,2H3;1-2H3. The number of hydrogen-bond donors (Lipinski definition) is 1. The molecule has 2 heterocycles.